The Morgan fingerprint density at radius 1 is 1.15 bits per heavy atom. The number of hydrogen-bond donors (Lipinski definition) is 1. The normalized spacial score (nSPS) is 18.6. The van der Waals surface area contributed by atoms with Crippen molar-refractivity contribution in [3.05, 3.63) is 36.0 Å². The van der Waals surface area contributed by atoms with Gasteiger partial charge in [0.1, 0.15) is 0 Å². The Labute approximate surface area is 119 Å². The van der Waals surface area contributed by atoms with Crippen LogP contribution < -0.4 is 0 Å². The van der Waals surface area contributed by atoms with Crippen molar-refractivity contribution in [1.29, 1.82) is 0 Å². The van der Waals surface area contributed by atoms with Gasteiger partial charge in [-0.15, -0.1) is 0 Å². The van der Waals surface area contributed by atoms with E-state index in [2.05, 4.69) is 22.0 Å². The monoisotopic (exact) mass is 293 g/mol. The fourth-order valence-corrected chi connectivity index (χ4v) is 3.55. The van der Waals surface area contributed by atoms with E-state index in [0.717, 1.165) is 25.2 Å². The largest absolute Gasteiger partial charge is 0.361 e. The molecule has 2 heterocycles. The molecule has 0 amide bonds. The molecule has 1 fully saturated rings. The Morgan fingerprint density at radius 3 is 2.55 bits per heavy atom. The number of para-hydroxylation sites is 1. The molecule has 0 radical (unpaired) electrons. The second-order valence-corrected chi connectivity index (χ2v) is 7.28. The predicted octanol–water partition coefficient (Wildman–Crippen LogP) is 1.25. The van der Waals surface area contributed by atoms with Gasteiger partial charge in [0.15, 0.2) is 0 Å². The van der Waals surface area contributed by atoms with Gasteiger partial charge in [-0.1, -0.05) is 18.2 Å². The van der Waals surface area contributed by atoms with Crippen molar-refractivity contribution >= 4 is 20.9 Å². The first-order chi connectivity index (χ1) is 9.54. The molecular weight excluding hydrogens is 274 g/mol. The zero-order valence-electron chi connectivity index (χ0n) is 11.5. The molecule has 108 valence electrons. The van der Waals surface area contributed by atoms with Gasteiger partial charge >= 0.3 is 0 Å². The van der Waals surface area contributed by atoms with Crippen molar-refractivity contribution in [2.75, 3.05) is 32.4 Å². The van der Waals surface area contributed by atoms with E-state index < -0.39 is 10.0 Å². The van der Waals surface area contributed by atoms with Crippen LogP contribution >= 0.6 is 0 Å². The molecule has 0 aliphatic carbocycles. The zero-order valence-corrected chi connectivity index (χ0v) is 12.4. The predicted molar refractivity (Wildman–Crippen MR) is 80.0 cm³/mol. The van der Waals surface area contributed by atoms with Crippen LogP contribution in [0.15, 0.2) is 30.5 Å². The lowest BCUT2D eigenvalue weighted by atomic mass is 10.1. The van der Waals surface area contributed by atoms with Crippen LogP contribution in [0.3, 0.4) is 0 Å². The van der Waals surface area contributed by atoms with Crippen LogP contribution in [-0.4, -0.2) is 55.0 Å². The minimum absolute atomic E-state index is 0.585. The molecule has 0 saturated carbocycles. The summed E-state index contributed by atoms with van der Waals surface area (Å²) < 4.78 is 24.5. The van der Waals surface area contributed by atoms with Gasteiger partial charge in [0.25, 0.3) is 0 Å². The molecule has 5 nitrogen and oxygen atoms in total. The summed E-state index contributed by atoms with van der Waals surface area (Å²) in [4.78, 5) is 5.58. The van der Waals surface area contributed by atoms with E-state index in [1.165, 1.54) is 17.2 Å². The number of rotatable bonds is 3. The highest BCUT2D eigenvalue weighted by Crippen LogP contribution is 2.20. The number of fused-ring (bicyclic) bond motifs is 1. The van der Waals surface area contributed by atoms with Gasteiger partial charge in [0.2, 0.25) is 10.0 Å². The van der Waals surface area contributed by atoms with Crippen molar-refractivity contribution in [1.82, 2.24) is 14.2 Å². The minimum Gasteiger partial charge on any atom is -0.361 e. The van der Waals surface area contributed by atoms with Crippen molar-refractivity contribution in [3.8, 4) is 0 Å². The number of piperazine rings is 1. The molecule has 6 heteroatoms. The molecule has 1 aromatic heterocycles. The van der Waals surface area contributed by atoms with Gasteiger partial charge in [-0.2, -0.15) is 4.31 Å². The SMILES string of the molecule is CS(=O)(=O)N1CCN(Cc2c[nH]c3ccccc23)CC1. The number of aromatic nitrogens is 1. The molecule has 1 N–H and O–H groups in total. The summed E-state index contributed by atoms with van der Waals surface area (Å²) >= 11 is 0. The lowest BCUT2D eigenvalue weighted by Gasteiger charge is -2.33. The van der Waals surface area contributed by atoms with Crippen LogP contribution in [0.1, 0.15) is 5.56 Å². The quantitative estimate of drug-likeness (QED) is 0.926. The summed E-state index contributed by atoms with van der Waals surface area (Å²) in [6, 6.07) is 8.25. The van der Waals surface area contributed by atoms with E-state index >= 15 is 0 Å². The van der Waals surface area contributed by atoms with Gasteiger partial charge in [0.05, 0.1) is 6.26 Å². The van der Waals surface area contributed by atoms with Crippen LogP contribution in [0, 0.1) is 0 Å². The first kappa shape index (κ1) is 13.6. The number of nitrogens with one attached hydrogen (secondary N) is 1. The minimum atomic E-state index is -3.05. The van der Waals surface area contributed by atoms with E-state index in [1.807, 2.05) is 18.3 Å². The fourth-order valence-electron chi connectivity index (χ4n) is 2.72. The maximum atomic E-state index is 11.5. The molecule has 0 spiro atoms. The average Bonchev–Trinajstić information content (AvgIpc) is 2.82. The van der Waals surface area contributed by atoms with Crippen molar-refractivity contribution in [2.24, 2.45) is 0 Å². The highest BCUT2D eigenvalue weighted by Gasteiger charge is 2.23. The average molecular weight is 293 g/mol. The van der Waals surface area contributed by atoms with Gasteiger partial charge in [-0.25, -0.2) is 8.42 Å². The summed E-state index contributed by atoms with van der Waals surface area (Å²) in [5.74, 6) is 0. The smallest absolute Gasteiger partial charge is 0.211 e. The third-order valence-corrected chi connectivity index (χ3v) is 5.17. The topological polar surface area (TPSA) is 56.4 Å². The van der Waals surface area contributed by atoms with Crippen LogP contribution in [0.25, 0.3) is 10.9 Å². The standard InChI is InChI=1S/C14H19N3O2S/c1-20(18,19)17-8-6-16(7-9-17)11-12-10-15-14-5-3-2-4-13(12)14/h2-5,10,15H,6-9,11H2,1H3. The molecule has 0 unspecified atom stereocenters. The van der Waals surface area contributed by atoms with Gasteiger partial charge in [-0.3, -0.25) is 4.90 Å². The number of hydrogen-bond acceptors (Lipinski definition) is 3. The third-order valence-electron chi connectivity index (χ3n) is 3.87. The lowest BCUT2D eigenvalue weighted by molar-refractivity contribution is 0.182. The van der Waals surface area contributed by atoms with E-state index in [4.69, 9.17) is 0 Å². The second kappa shape index (κ2) is 5.20. The van der Waals surface area contributed by atoms with Gasteiger partial charge in [-0.05, 0) is 11.6 Å². The number of benzene rings is 1. The molecule has 1 saturated heterocycles. The molecule has 3 rings (SSSR count). The Morgan fingerprint density at radius 2 is 1.85 bits per heavy atom. The molecular formula is C14H19N3O2S. The van der Waals surface area contributed by atoms with E-state index in [-0.39, 0.29) is 0 Å². The van der Waals surface area contributed by atoms with Crippen LogP contribution in [-0.2, 0) is 16.6 Å². The Hall–Kier alpha value is -1.37. The van der Waals surface area contributed by atoms with Crippen molar-refractivity contribution < 1.29 is 8.42 Å². The number of H-pyrrole nitrogens is 1. The molecule has 1 aliphatic rings. The Balaban J connectivity index is 1.68. The summed E-state index contributed by atoms with van der Waals surface area (Å²) in [6.45, 7) is 3.60. The number of aromatic amines is 1. The molecule has 1 aromatic carbocycles. The maximum absolute atomic E-state index is 11.5. The number of sulfonamides is 1. The molecule has 20 heavy (non-hydrogen) atoms. The van der Waals surface area contributed by atoms with Crippen LogP contribution in [0.4, 0.5) is 0 Å². The maximum Gasteiger partial charge on any atom is 0.211 e. The molecule has 0 atom stereocenters. The highest BCUT2D eigenvalue weighted by molar-refractivity contribution is 7.88. The summed E-state index contributed by atoms with van der Waals surface area (Å²) in [5.41, 5.74) is 2.42. The Bertz CT molecular complexity index is 700. The van der Waals surface area contributed by atoms with Crippen LogP contribution in [0.5, 0.6) is 0 Å². The van der Waals surface area contributed by atoms with E-state index in [9.17, 15) is 8.42 Å². The first-order valence-corrected chi connectivity index (χ1v) is 8.61. The summed E-state index contributed by atoms with van der Waals surface area (Å²) in [5, 5.41) is 1.25. The molecule has 2 aromatic rings. The summed E-state index contributed by atoms with van der Waals surface area (Å²) in [7, 11) is -3.05. The van der Waals surface area contributed by atoms with E-state index in [1.54, 1.807) is 4.31 Å². The molecule has 1 aliphatic heterocycles. The van der Waals surface area contributed by atoms with Gasteiger partial charge < -0.3 is 4.98 Å². The highest BCUT2D eigenvalue weighted by atomic mass is 32.2. The van der Waals surface area contributed by atoms with Crippen molar-refractivity contribution in [3.63, 3.8) is 0 Å². The number of nitrogens with zero attached hydrogens (tertiary/aromatic N) is 2. The van der Waals surface area contributed by atoms with E-state index in [0.29, 0.717) is 13.1 Å². The summed E-state index contributed by atoms with van der Waals surface area (Å²) in [6.07, 6.45) is 3.33. The van der Waals surface area contributed by atoms with Gasteiger partial charge in [0, 0.05) is 49.8 Å². The molecule has 0 bridgehead atoms. The third kappa shape index (κ3) is 2.72. The lowest BCUT2D eigenvalue weighted by Crippen LogP contribution is -2.47. The van der Waals surface area contributed by atoms with Crippen molar-refractivity contribution in [2.45, 2.75) is 6.54 Å². The first-order valence-electron chi connectivity index (χ1n) is 6.76. The Kier molecular flexibility index (Phi) is 3.54. The second-order valence-electron chi connectivity index (χ2n) is 5.30. The fraction of sp³-hybridized carbons (Fsp3) is 0.429. The van der Waals surface area contributed by atoms with Crippen LogP contribution in [0.2, 0.25) is 0 Å². The zero-order chi connectivity index (χ0) is 14.2.